The summed E-state index contributed by atoms with van der Waals surface area (Å²) >= 11 is 0. The second kappa shape index (κ2) is 5.88. The molecular formula is C16H15N5O2. The number of carbonyl (C=O) groups is 1. The zero-order chi connectivity index (χ0) is 16.4. The number of H-pyrrole nitrogens is 1. The summed E-state index contributed by atoms with van der Waals surface area (Å²) in [4.78, 5) is 23.5. The lowest BCUT2D eigenvalue weighted by Gasteiger charge is -2.08. The van der Waals surface area contributed by atoms with E-state index in [0.717, 1.165) is 11.3 Å². The van der Waals surface area contributed by atoms with Gasteiger partial charge >= 0.3 is 0 Å². The van der Waals surface area contributed by atoms with Gasteiger partial charge in [-0.15, -0.1) is 0 Å². The summed E-state index contributed by atoms with van der Waals surface area (Å²) in [7, 11) is 0. The molecule has 7 heteroatoms. The van der Waals surface area contributed by atoms with Gasteiger partial charge in [0.2, 0.25) is 0 Å². The Morgan fingerprint density at radius 1 is 1.17 bits per heavy atom. The van der Waals surface area contributed by atoms with E-state index in [1.54, 1.807) is 13.0 Å². The van der Waals surface area contributed by atoms with Gasteiger partial charge < -0.3 is 5.32 Å². The lowest BCUT2D eigenvalue weighted by atomic mass is 10.2. The molecule has 0 bridgehead atoms. The minimum absolute atomic E-state index is 0.243. The van der Waals surface area contributed by atoms with E-state index >= 15 is 0 Å². The normalized spacial score (nSPS) is 10.5. The van der Waals surface area contributed by atoms with Gasteiger partial charge in [-0.3, -0.25) is 9.59 Å². The van der Waals surface area contributed by atoms with Crippen molar-refractivity contribution >= 4 is 11.6 Å². The summed E-state index contributed by atoms with van der Waals surface area (Å²) in [6.07, 6.45) is 1.48. The Morgan fingerprint density at radius 3 is 2.65 bits per heavy atom. The van der Waals surface area contributed by atoms with Gasteiger partial charge in [0.05, 0.1) is 17.5 Å². The monoisotopic (exact) mass is 309 g/mol. The van der Waals surface area contributed by atoms with Crippen molar-refractivity contribution in [2.45, 2.75) is 13.8 Å². The fourth-order valence-electron chi connectivity index (χ4n) is 2.22. The molecule has 3 rings (SSSR count). The highest BCUT2D eigenvalue weighted by molar-refractivity contribution is 6.05. The molecule has 23 heavy (non-hydrogen) atoms. The number of anilines is 1. The second-order valence-electron chi connectivity index (χ2n) is 5.10. The average Bonchev–Trinajstić information content (AvgIpc) is 2.92. The maximum Gasteiger partial charge on any atom is 0.264 e. The summed E-state index contributed by atoms with van der Waals surface area (Å²) in [5.41, 5.74) is 2.52. The van der Waals surface area contributed by atoms with Crippen molar-refractivity contribution in [3.8, 4) is 5.82 Å². The van der Waals surface area contributed by atoms with Crippen LogP contribution in [-0.2, 0) is 0 Å². The topological polar surface area (TPSA) is 92.7 Å². The largest absolute Gasteiger partial charge is 0.322 e. The van der Waals surface area contributed by atoms with Crippen LogP contribution in [0.1, 0.15) is 21.6 Å². The number of hydrogen-bond acceptors (Lipinski definition) is 4. The van der Waals surface area contributed by atoms with Crippen LogP contribution in [0.5, 0.6) is 0 Å². The lowest BCUT2D eigenvalue weighted by Crippen LogP contribution is -2.14. The first-order valence-corrected chi connectivity index (χ1v) is 7.04. The van der Waals surface area contributed by atoms with Gasteiger partial charge in [0.1, 0.15) is 0 Å². The van der Waals surface area contributed by atoms with E-state index in [2.05, 4.69) is 20.6 Å². The van der Waals surface area contributed by atoms with Crippen molar-refractivity contribution in [2.24, 2.45) is 0 Å². The van der Waals surface area contributed by atoms with E-state index in [1.807, 2.05) is 31.2 Å². The second-order valence-corrected chi connectivity index (χ2v) is 5.10. The third-order valence-electron chi connectivity index (χ3n) is 3.53. The molecule has 0 fully saturated rings. The third-order valence-corrected chi connectivity index (χ3v) is 3.53. The van der Waals surface area contributed by atoms with Crippen LogP contribution in [0.3, 0.4) is 0 Å². The van der Waals surface area contributed by atoms with Crippen LogP contribution in [-0.4, -0.2) is 25.9 Å². The molecule has 0 unspecified atom stereocenters. The molecule has 3 aromatic rings. The Bertz CT molecular complexity index is 906. The maximum atomic E-state index is 12.4. The summed E-state index contributed by atoms with van der Waals surface area (Å²) < 4.78 is 1.50. The fraction of sp³-hybridized carbons (Fsp3) is 0.125. The molecule has 2 N–H and O–H groups in total. The third kappa shape index (κ3) is 2.89. The Hall–Kier alpha value is -3.22. The van der Waals surface area contributed by atoms with Gasteiger partial charge in [-0.25, -0.2) is 9.78 Å². The van der Waals surface area contributed by atoms with Gasteiger partial charge in [0, 0.05) is 11.8 Å². The minimum Gasteiger partial charge on any atom is -0.322 e. The first-order valence-electron chi connectivity index (χ1n) is 7.04. The van der Waals surface area contributed by atoms with Crippen LogP contribution in [0.15, 0.2) is 47.4 Å². The number of aromatic amines is 1. The van der Waals surface area contributed by atoms with Gasteiger partial charge in [0.15, 0.2) is 5.82 Å². The molecule has 0 atom stereocenters. The summed E-state index contributed by atoms with van der Waals surface area (Å²) in [6, 6.07) is 10.4. The van der Waals surface area contributed by atoms with Crippen molar-refractivity contribution in [2.75, 3.05) is 5.32 Å². The SMILES string of the molecule is Cc1ccccc1NC(=O)c1cnn(-c2ccc(=O)[nH]n2)c1C. The molecule has 0 radical (unpaired) electrons. The van der Waals surface area contributed by atoms with Gasteiger partial charge in [-0.1, -0.05) is 18.2 Å². The molecule has 0 saturated carbocycles. The van der Waals surface area contributed by atoms with Crippen LogP contribution < -0.4 is 10.9 Å². The van der Waals surface area contributed by atoms with Crippen molar-refractivity contribution < 1.29 is 4.79 Å². The van der Waals surface area contributed by atoms with Crippen LogP contribution in [0, 0.1) is 13.8 Å². The molecule has 1 amide bonds. The number of para-hydroxylation sites is 1. The van der Waals surface area contributed by atoms with E-state index in [9.17, 15) is 9.59 Å². The Morgan fingerprint density at radius 2 is 1.96 bits per heavy atom. The number of hydrogen-bond donors (Lipinski definition) is 2. The summed E-state index contributed by atoms with van der Waals surface area (Å²) in [5.74, 6) is 0.199. The predicted molar refractivity (Wildman–Crippen MR) is 85.8 cm³/mol. The predicted octanol–water partition coefficient (Wildman–Crippen LogP) is 1.82. The fourth-order valence-corrected chi connectivity index (χ4v) is 2.22. The van der Waals surface area contributed by atoms with Crippen molar-refractivity contribution in [3.05, 3.63) is 69.8 Å². The van der Waals surface area contributed by atoms with E-state index in [4.69, 9.17) is 0 Å². The van der Waals surface area contributed by atoms with Crippen LogP contribution in [0.2, 0.25) is 0 Å². The van der Waals surface area contributed by atoms with Crippen molar-refractivity contribution in [1.82, 2.24) is 20.0 Å². The molecule has 0 spiro atoms. The molecule has 0 saturated heterocycles. The molecule has 0 aliphatic heterocycles. The lowest BCUT2D eigenvalue weighted by molar-refractivity contribution is 0.102. The number of aryl methyl sites for hydroxylation is 1. The highest BCUT2D eigenvalue weighted by Gasteiger charge is 2.16. The van der Waals surface area contributed by atoms with E-state index in [1.165, 1.54) is 16.9 Å². The molecule has 0 aliphatic rings. The van der Waals surface area contributed by atoms with Crippen LogP contribution in [0.25, 0.3) is 5.82 Å². The first-order chi connectivity index (χ1) is 11.1. The maximum absolute atomic E-state index is 12.4. The quantitative estimate of drug-likeness (QED) is 0.772. The minimum atomic E-state index is -0.295. The molecule has 2 aromatic heterocycles. The number of nitrogens with one attached hydrogen (secondary N) is 2. The molecule has 1 aromatic carbocycles. The summed E-state index contributed by atoms with van der Waals surface area (Å²) in [6.45, 7) is 3.70. The summed E-state index contributed by atoms with van der Waals surface area (Å²) in [5, 5.41) is 13.3. The molecule has 0 aliphatic carbocycles. The standard InChI is InChI=1S/C16H15N5O2/c1-10-5-3-4-6-13(10)18-16(23)12-9-17-21(11(12)2)14-7-8-15(22)20-19-14/h3-9H,1-2H3,(H,18,23)(H,20,22). The smallest absolute Gasteiger partial charge is 0.264 e. The number of amides is 1. The molecular weight excluding hydrogens is 294 g/mol. The van der Waals surface area contributed by atoms with E-state index < -0.39 is 0 Å². The van der Waals surface area contributed by atoms with Gasteiger partial charge in [0.25, 0.3) is 11.5 Å². The zero-order valence-electron chi connectivity index (χ0n) is 12.7. The van der Waals surface area contributed by atoms with E-state index in [-0.39, 0.29) is 11.5 Å². The van der Waals surface area contributed by atoms with Crippen LogP contribution >= 0.6 is 0 Å². The number of carbonyl (C=O) groups excluding carboxylic acids is 1. The van der Waals surface area contributed by atoms with Crippen molar-refractivity contribution in [1.29, 1.82) is 0 Å². The van der Waals surface area contributed by atoms with Crippen molar-refractivity contribution in [3.63, 3.8) is 0 Å². The van der Waals surface area contributed by atoms with Gasteiger partial charge in [-0.2, -0.15) is 10.2 Å². The number of benzene rings is 1. The highest BCUT2D eigenvalue weighted by Crippen LogP contribution is 2.17. The Balaban J connectivity index is 1.90. The zero-order valence-corrected chi connectivity index (χ0v) is 12.7. The molecule has 2 heterocycles. The highest BCUT2D eigenvalue weighted by atomic mass is 16.1. The first kappa shape index (κ1) is 14.7. The number of nitrogens with zero attached hydrogens (tertiary/aromatic N) is 3. The number of aromatic nitrogens is 4. The Kier molecular flexibility index (Phi) is 3.76. The molecule has 7 nitrogen and oxygen atoms in total. The number of rotatable bonds is 3. The Labute approximate surface area is 132 Å². The van der Waals surface area contributed by atoms with Gasteiger partial charge in [-0.05, 0) is 31.5 Å². The van der Waals surface area contributed by atoms with Crippen LogP contribution in [0.4, 0.5) is 5.69 Å². The average molecular weight is 309 g/mol. The molecule has 116 valence electrons. The van der Waals surface area contributed by atoms with E-state index in [0.29, 0.717) is 17.1 Å².